The van der Waals surface area contributed by atoms with Gasteiger partial charge in [0.1, 0.15) is 5.65 Å². The van der Waals surface area contributed by atoms with E-state index in [1.807, 2.05) is 19.4 Å². The molecule has 138 valence electrons. The molecule has 26 heavy (non-hydrogen) atoms. The molecule has 2 aromatic rings. The first-order valence-electron chi connectivity index (χ1n) is 9.62. The van der Waals surface area contributed by atoms with Crippen molar-refractivity contribution in [2.45, 2.75) is 43.7 Å². The first-order chi connectivity index (χ1) is 12.6. The summed E-state index contributed by atoms with van der Waals surface area (Å²) >= 11 is 0. The van der Waals surface area contributed by atoms with Gasteiger partial charge in [0.15, 0.2) is 0 Å². The maximum absolute atomic E-state index is 12.4. The summed E-state index contributed by atoms with van der Waals surface area (Å²) < 4.78 is 5.98. The predicted octanol–water partition coefficient (Wildman–Crippen LogP) is 2.93. The van der Waals surface area contributed by atoms with E-state index in [1.165, 1.54) is 19.3 Å². The summed E-state index contributed by atoms with van der Waals surface area (Å²) in [7, 11) is 3.55. The van der Waals surface area contributed by atoms with Gasteiger partial charge in [-0.2, -0.15) is 0 Å². The van der Waals surface area contributed by atoms with E-state index in [2.05, 4.69) is 20.6 Å². The van der Waals surface area contributed by atoms with Crippen molar-refractivity contribution >= 4 is 22.6 Å². The van der Waals surface area contributed by atoms with E-state index < -0.39 is 0 Å². The number of rotatable bonds is 4. The number of carbonyl (C=O) groups excluding carboxylic acids is 1. The lowest BCUT2D eigenvalue weighted by atomic mass is 9.52. The molecule has 3 N–H and O–H groups in total. The molecule has 6 nitrogen and oxygen atoms in total. The highest BCUT2D eigenvalue weighted by atomic mass is 16.5. The van der Waals surface area contributed by atoms with Gasteiger partial charge >= 0.3 is 0 Å². The number of hydrogen-bond acceptors (Lipinski definition) is 4. The van der Waals surface area contributed by atoms with E-state index in [0.717, 1.165) is 35.5 Å². The Morgan fingerprint density at radius 2 is 2.08 bits per heavy atom. The van der Waals surface area contributed by atoms with Gasteiger partial charge in [-0.3, -0.25) is 4.79 Å². The van der Waals surface area contributed by atoms with Crippen LogP contribution in [-0.4, -0.2) is 41.7 Å². The zero-order chi connectivity index (χ0) is 17.9. The van der Waals surface area contributed by atoms with Crippen LogP contribution in [0, 0.1) is 17.8 Å². The monoisotopic (exact) mass is 354 g/mol. The zero-order valence-corrected chi connectivity index (χ0v) is 15.3. The molecule has 0 saturated heterocycles. The van der Waals surface area contributed by atoms with Gasteiger partial charge in [0.25, 0.3) is 5.91 Å². The average molecular weight is 354 g/mol. The summed E-state index contributed by atoms with van der Waals surface area (Å²) in [6.45, 7) is 0. The Labute approximate surface area is 153 Å². The first-order valence-corrected chi connectivity index (χ1v) is 9.62. The Hall–Kier alpha value is -2.08. The molecule has 4 aliphatic carbocycles. The minimum atomic E-state index is -0.0970. The van der Waals surface area contributed by atoms with Gasteiger partial charge in [-0.05, 0) is 55.9 Å². The first kappa shape index (κ1) is 16.1. The normalized spacial score (nSPS) is 35.0. The molecule has 6 heteroatoms. The number of aromatic nitrogens is 2. The fourth-order valence-electron chi connectivity index (χ4n) is 6.07. The molecule has 2 aromatic heterocycles. The van der Waals surface area contributed by atoms with Crippen LogP contribution in [0.4, 0.5) is 5.69 Å². The number of fused-ring (bicyclic) bond motifs is 1. The SMILES string of the molecule is CNC(=O)c1cnc2[nH]ccc2c1N[C@@H]1[C@@H]2CC3C[C@H]1C[C@@](OC)(C3)C2. The largest absolute Gasteiger partial charge is 0.380 e. The number of methoxy groups -OCH3 is 1. The number of H-pyrrole nitrogens is 1. The van der Waals surface area contributed by atoms with Crippen LogP contribution in [0.3, 0.4) is 0 Å². The number of pyridine rings is 1. The standard InChI is InChI=1S/C20H26N4O2/c1-21-19(25)15-10-23-18-14(3-4-22-18)17(15)24-16-12-5-11-6-13(16)9-20(7-11,8-12)26-2/h3-4,10-13,16H,5-9H2,1-2H3,(H,21,25)(H2,22,23,24)/t11?,12-,13+,16-,20-. The molecule has 4 saturated carbocycles. The summed E-state index contributed by atoms with van der Waals surface area (Å²) in [6, 6.07) is 2.41. The van der Waals surface area contributed by atoms with Gasteiger partial charge in [-0.1, -0.05) is 0 Å². The maximum Gasteiger partial charge on any atom is 0.254 e. The van der Waals surface area contributed by atoms with E-state index in [4.69, 9.17) is 4.74 Å². The molecule has 2 heterocycles. The Morgan fingerprint density at radius 3 is 2.77 bits per heavy atom. The topological polar surface area (TPSA) is 79.0 Å². The lowest BCUT2D eigenvalue weighted by Crippen LogP contribution is -2.59. The molecule has 5 atom stereocenters. The molecule has 0 aromatic carbocycles. The van der Waals surface area contributed by atoms with Gasteiger partial charge in [-0.25, -0.2) is 4.98 Å². The summed E-state index contributed by atoms with van der Waals surface area (Å²) in [5, 5.41) is 7.54. The summed E-state index contributed by atoms with van der Waals surface area (Å²) in [6.07, 6.45) is 9.59. The van der Waals surface area contributed by atoms with Crippen LogP contribution in [0.5, 0.6) is 0 Å². The Kier molecular flexibility index (Phi) is 3.54. The van der Waals surface area contributed by atoms with Crippen molar-refractivity contribution < 1.29 is 9.53 Å². The fourth-order valence-corrected chi connectivity index (χ4v) is 6.07. The van der Waals surface area contributed by atoms with Crippen molar-refractivity contribution in [2.24, 2.45) is 17.8 Å². The summed E-state index contributed by atoms with van der Waals surface area (Å²) in [5.41, 5.74) is 2.45. The minimum absolute atomic E-state index is 0.0970. The molecule has 1 unspecified atom stereocenters. The van der Waals surface area contributed by atoms with Crippen molar-refractivity contribution in [1.29, 1.82) is 0 Å². The van der Waals surface area contributed by atoms with Crippen LogP contribution < -0.4 is 10.6 Å². The van der Waals surface area contributed by atoms with Crippen molar-refractivity contribution in [3.8, 4) is 0 Å². The third kappa shape index (κ3) is 2.28. The van der Waals surface area contributed by atoms with E-state index >= 15 is 0 Å². The number of nitrogens with one attached hydrogen (secondary N) is 3. The van der Waals surface area contributed by atoms with E-state index in [-0.39, 0.29) is 11.5 Å². The van der Waals surface area contributed by atoms with Gasteiger partial charge < -0.3 is 20.4 Å². The molecular formula is C20H26N4O2. The molecule has 4 aliphatic rings. The summed E-state index contributed by atoms with van der Waals surface area (Å²) in [5.74, 6) is 1.93. The Morgan fingerprint density at radius 1 is 1.31 bits per heavy atom. The second-order valence-corrected chi connectivity index (χ2v) is 8.39. The Balaban J connectivity index is 1.52. The van der Waals surface area contributed by atoms with Crippen LogP contribution in [0.1, 0.15) is 42.5 Å². The molecule has 0 spiro atoms. The molecular weight excluding hydrogens is 328 g/mol. The van der Waals surface area contributed by atoms with Gasteiger partial charge in [0.2, 0.25) is 0 Å². The van der Waals surface area contributed by atoms with Crippen LogP contribution >= 0.6 is 0 Å². The van der Waals surface area contributed by atoms with Crippen molar-refractivity contribution in [3.63, 3.8) is 0 Å². The van der Waals surface area contributed by atoms with Crippen LogP contribution in [0.25, 0.3) is 11.0 Å². The zero-order valence-electron chi connectivity index (χ0n) is 15.3. The number of anilines is 1. The predicted molar refractivity (Wildman–Crippen MR) is 100 cm³/mol. The molecule has 6 rings (SSSR count). The van der Waals surface area contributed by atoms with E-state index in [9.17, 15) is 4.79 Å². The van der Waals surface area contributed by atoms with Crippen LogP contribution in [-0.2, 0) is 4.74 Å². The smallest absolute Gasteiger partial charge is 0.254 e. The van der Waals surface area contributed by atoms with Crippen LogP contribution in [0.15, 0.2) is 18.5 Å². The molecule has 4 fully saturated rings. The second kappa shape index (κ2) is 5.71. The highest BCUT2D eigenvalue weighted by molar-refractivity contribution is 6.06. The number of nitrogens with zero attached hydrogens (tertiary/aromatic N) is 1. The number of ether oxygens (including phenoxy) is 1. The van der Waals surface area contributed by atoms with Gasteiger partial charge in [0, 0.05) is 38.0 Å². The van der Waals surface area contributed by atoms with Crippen molar-refractivity contribution in [1.82, 2.24) is 15.3 Å². The number of hydrogen-bond donors (Lipinski definition) is 3. The third-order valence-corrected chi connectivity index (χ3v) is 7.02. The molecule has 1 amide bonds. The van der Waals surface area contributed by atoms with Crippen LogP contribution in [0.2, 0.25) is 0 Å². The average Bonchev–Trinajstić information content (AvgIpc) is 3.12. The number of aromatic amines is 1. The number of carbonyl (C=O) groups is 1. The quantitative estimate of drug-likeness (QED) is 0.789. The van der Waals surface area contributed by atoms with Crippen molar-refractivity contribution in [2.75, 3.05) is 19.5 Å². The number of amides is 1. The molecule has 4 bridgehead atoms. The van der Waals surface area contributed by atoms with Gasteiger partial charge in [0.05, 0.1) is 16.9 Å². The molecule has 0 aliphatic heterocycles. The highest BCUT2D eigenvalue weighted by Gasteiger charge is 2.55. The fraction of sp³-hybridized carbons (Fsp3) is 0.600. The van der Waals surface area contributed by atoms with Gasteiger partial charge in [-0.15, -0.1) is 0 Å². The van der Waals surface area contributed by atoms with E-state index in [0.29, 0.717) is 23.4 Å². The maximum atomic E-state index is 12.4. The van der Waals surface area contributed by atoms with E-state index in [1.54, 1.807) is 13.2 Å². The summed E-state index contributed by atoms with van der Waals surface area (Å²) in [4.78, 5) is 20.0. The minimum Gasteiger partial charge on any atom is -0.380 e. The highest BCUT2D eigenvalue weighted by Crippen LogP contribution is 2.57. The lowest BCUT2D eigenvalue weighted by molar-refractivity contribution is -0.149. The Bertz CT molecular complexity index is 845. The van der Waals surface area contributed by atoms with Crippen molar-refractivity contribution in [3.05, 3.63) is 24.0 Å². The lowest BCUT2D eigenvalue weighted by Gasteiger charge is -2.59. The molecule has 0 radical (unpaired) electrons. The third-order valence-electron chi connectivity index (χ3n) is 7.02. The second-order valence-electron chi connectivity index (χ2n) is 8.39.